The standard InChI is InChI=1S/C20H19N5O/c1-11-20(26-18-7-13-5-6-16(18)25-13)23-10-17(24-11)15-9-22-19-12(8-21)3-2-4-14(15)19/h2-4,9-10,13,16,18,22,25H,5-7H2,1H3/t13-,16+,18-/m0/s1. The lowest BCUT2D eigenvalue weighted by molar-refractivity contribution is 0.162. The van der Waals surface area contributed by atoms with Crippen LogP contribution >= 0.6 is 0 Å². The Labute approximate surface area is 151 Å². The largest absolute Gasteiger partial charge is 0.471 e. The van der Waals surface area contributed by atoms with Crippen molar-refractivity contribution in [1.29, 1.82) is 5.26 Å². The molecule has 6 nitrogen and oxygen atoms in total. The number of para-hydroxylation sites is 1. The van der Waals surface area contributed by atoms with E-state index in [0.717, 1.165) is 34.3 Å². The highest BCUT2D eigenvalue weighted by Gasteiger charge is 2.40. The van der Waals surface area contributed by atoms with Gasteiger partial charge in [-0.15, -0.1) is 0 Å². The van der Waals surface area contributed by atoms with E-state index in [9.17, 15) is 5.26 Å². The van der Waals surface area contributed by atoms with Crippen molar-refractivity contribution in [1.82, 2.24) is 20.3 Å². The Morgan fingerprint density at radius 1 is 1.31 bits per heavy atom. The van der Waals surface area contributed by atoms with Gasteiger partial charge in [-0.3, -0.25) is 0 Å². The third-order valence-electron chi connectivity index (χ3n) is 5.52. The fraction of sp³-hybridized carbons (Fsp3) is 0.350. The maximum absolute atomic E-state index is 9.26. The maximum atomic E-state index is 9.26. The topological polar surface area (TPSA) is 86.6 Å². The van der Waals surface area contributed by atoms with E-state index in [1.807, 2.05) is 25.3 Å². The zero-order valence-electron chi connectivity index (χ0n) is 14.5. The lowest BCUT2D eigenvalue weighted by atomic mass is 9.98. The minimum absolute atomic E-state index is 0.193. The molecule has 2 N–H and O–H groups in total. The van der Waals surface area contributed by atoms with Crippen LogP contribution in [0.25, 0.3) is 22.2 Å². The first-order valence-electron chi connectivity index (χ1n) is 9.00. The van der Waals surface area contributed by atoms with Crippen LogP contribution in [0, 0.1) is 18.3 Å². The highest BCUT2D eigenvalue weighted by molar-refractivity contribution is 5.97. The highest BCUT2D eigenvalue weighted by Crippen LogP contribution is 2.33. The fourth-order valence-electron chi connectivity index (χ4n) is 4.22. The molecule has 2 saturated heterocycles. The monoisotopic (exact) mass is 345 g/mol. The van der Waals surface area contributed by atoms with Crippen molar-refractivity contribution in [3.05, 3.63) is 41.9 Å². The Morgan fingerprint density at radius 2 is 2.23 bits per heavy atom. The fourth-order valence-corrected chi connectivity index (χ4v) is 4.22. The third kappa shape index (κ3) is 2.36. The molecule has 2 aliphatic rings. The van der Waals surface area contributed by atoms with Crippen molar-refractivity contribution >= 4 is 10.9 Å². The van der Waals surface area contributed by atoms with E-state index in [1.165, 1.54) is 12.8 Å². The van der Waals surface area contributed by atoms with Crippen LogP contribution in [0.4, 0.5) is 0 Å². The van der Waals surface area contributed by atoms with Gasteiger partial charge in [0.2, 0.25) is 5.88 Å². The number of aryl methyl sites for hydroxylation is 1. The molecule has 2 aliphatic heterocycles. The number of nitrogens with one attached hydrogen (secondary N) is 2. The molecule has 2 aromatic heterocycles. The summed E-state index contributed by atoms with van der Waals surface area (Å²) in [6.07, 6.45) is 7.31. The molecular formula is C20H19N5O. The first kappa shape index (κ1) is 15.4. The minimum atomic E-state index is 0.193. The number of aromatic amines is 1. The van der Waals surface area contributed by atoms with Crippen molar-refractivity contribution in [3.8, 4) is 23.2 Å². The number of H-pyrrole nitrogens is 1. The summed E-state index contributed by atoms with van der Waals surface area (Å²) < 4.78 is 6.15. The number of rotatable bonds is 3. The van der Waals surface area contributed by atoms with Crippen molar-refractivity contribution in [3.63, 3.8) is 0 Å². The van der Waals surface area contributed by atoms with E-state index in [-0.39, 0.29) is 6.10 Å². The van der Waals surface area contributed by atoms with E-state index < -0.39 is 0 Å². The second-order valence-electron chi connectivity index (χ2n) is 7.13. The molecule has 0 saturated carbocycles. The number of benzene rings is 1. The molecule has 0 radical (unpaired) electrons. The zero-order valence-corrected chi connectivity index (χ0v) is 14.5. The third-order valence-corrected chi connectivity index (χ3v) is 5.52. The summed E-state index contributed by atoms with van der Waals surface area (Å²) >= 11 is 0. The number of ether oxygens (including phenoxy) is 1. The number of nitriles is 1. The van der Waals surface area contributed by atoms with Crippen LogP contribution in [0.15, 0.2) is 30.6 Å². The SMILES string of the molecule is Cc1nc(-c2c[nH]c3c(C#N)cccc23)cnc1O[C@H]1C[C@@H]2CC[C@H]1N2. The Balaban J connectivity index is 1.46. The van der Waals surface area contributed by atoms with Crippen LogP contribution in [-0.2, 0) is 0 Å². The number of hydrogen-bond acceptors (Lipinski definition) is 5. The van der Waals surface area contributed by atoms with Crippen LogP contribution in [-0.4, -0.2) is 33.1 Å². The summed E-state index contributed by atoms with van der Waals surface area (Å²) in [6, 6.07) is 8.94. The quantitative estimate of drug-likeness (QED) is 0.762. The number of hydrogen-bond donors (Lipinski definition) is 2. The Kier molecular flexibility index (Phi) is 3.44. The lowest BCUT2D eigenvalue weighted by Gasteiger charge is -2.21. The van der Waals surface area contributed by atoms with Gasteiger partial charge in [-0.25, -0.2) is 9.97 Å². The average Bonchev–Trinajstić information content (AvgIpc) is 3.38. The van der Waals surface area contributed by atoms with Gasteiger partial charge in [0.05, 0.1) is 23.0 Å². The molecule has 0 spiro atoms. The van der Waals surface area contributed by atoms with E-state index in [1.54, 1.807) is 12.3 Å². The normalized spacial score (nSPS) is 24.1. The lowest BCUT2D eigenvalue weighted by Crippen LogP contribution is -2.32. The second kappa shape index (κ2) is 5.82. The summed E-state index contributed by atoms with van der Waals surface area (Å²) in [5.74, 6) is 0.616. The molecule has 6 heteroatoms. The number of aromatic nitrogens is 3. The first-order valence-corrected chi connectivity index (χ1v) is 9.00. The van der Waals surface area contributed by atoms with Gasteiger partial charge in [0.25, 0.3) is 0 Å². The number of fused-ring (bicyclic) bond motifs is 3. The molecule has 0 aliphatic carbocycles. The molecule has 4 heterocycles. The van der Waals surface area contributed by atoms with Crippen LogP contribution in [0.3, 0.4) is 0 Å². The summed E-state index contributed by atoms with van der Waals surface area (Å²) in [5.41, 5.74) is 3.97. The number of nitrogens with zero attached hydrogens (tertiary/aromatic N) is 3. The average molecular weight is 345 g/mol. The molecule has 0 unspecified atom stereocenters. The van der Waals surface area contributed by atoms with Crippen molar-refractivity contribution in [2.45, 2.75) is 44.4 Å². The van der Waals surface area contributed by atoms with Crippen molar-refractivity contribution in [2.24, 2.45) is 0 Å². The molecule has 5 rings (SSSR count). The maximum Gasteiger partial charge on any atom is 0.235 e. The van der Waals surface area contributed by atoms with Gasteiger partial charge in [0.15, 0.2) is 0 Å². The summed E-state index contributed by atoms with van der Waals surface area (Å²) in [7, 11) is 0. The summed E-state index contributed by atoms with van der Waals surface area (Å²) in [6.45, 7) is 1.93. The molecule has 2 bridgehead atoms. The van der Waals surface area contributed by atoms with Gasteiger partial charge in [0, 0.05) is 35.7 Å². The van der Waals surface area contributed by atoms with Crippen LogP contribution < -0.4 is 10.1 Å². The molecule has 3 aromatic rings. The smallest absolute Gasteiger partial charge is 0.235 e. The molecule has 130 valence electrons. The van der Waals surface area contributed by atoms with Gasteiger partial charge in [0.1, 0.15) is 17.9 Å². The first-order chi connectivity index (χ1) is 12.7. The van der Waals surface area contributed by atoms with Crippen LogP contribution in [0.1, 0.15) is 30.5 Å². The van der Waals surface area contributed by atoms with Gasteiger partial charge >= 0.3 is 0 Å². The van der Waals surface area contributed by atoms with Crippen molar-refractivity contribution < 1.29 is 4.74 Å². The summed E-state index contributed by atoms with van der Waals surface area (Å²) in [4.78, 5) is 12.4. The van der Waals surface area contributed by atoms with E-state index in [2.05, 4.69) is 21.4 Å². The molecule has 0 amide bonds. The molecule has 2 fully saturated rings. The van der Waals surface area contributed by atoms with Crippen LogP contribution in [0.2, 0.25) is 0 Å². The Morgan fingerprint density at radius 3 is 2.96 bits per heavy atom. The Bertz CT molecular complexity index is 1030. The predicted molar refractivity (Wildman–Crippen MR) is 97.8 cm³/mol. The second-order valence-corrected chi connectivity index (χ2v) is 7.13. The van der Waals surface area contributed by atoms with E-state index in [0.29, 0.717) is 23.5 Å². The molecule has 26 heavy (non-hydrogen) atoms. The highest BCUT2D eigenvalue weighted by atomic mass is 16.5. The van der Waals surface area contributed by atoms with Crippen molar-refractivity contribution in [2.75, 3.05) is 0 Å². The summed E-state index contributed by atoms with van der Waals surface area (Å²) in [5, 5.41) is 13.8. The Hall–Kier alpha value is -2.91. The van der Waals surface area contributed by atoms with E-state index in [4.69, 9.17) is 9.72 Å². The van der Waals surface area contributed by atoms with Gasteiger partial charge in [-0.2, -0.15) is 5.26 Å². The zero-order chi connectivity index (χ0) is 17.7. The predicted octanol–water partition coefficient (Wildman–Crippen LogP) is 3.08. The molecular weight excluding hydrogens is 326 g/mol. The van der Waals surface area contributed by atoms with Crippen LogP contribution in [0.5, 0.6) is 5.88 Å². The van der Waals surface area contributed by atoms with Gasteiger partial charge in [-0.05, 0) is 25.8 Å². The molecule has 1 aromatic carbocycles. The van der Waals surface area contributed by atoms with Gasteiger partial charge in [-0.1, -0.05) is 12.1 Å². The minimum Gasteiger partial charge on any atom is -0.471 e. The van der Waals surface area contributed by atoms with E-state index >= 15 is 0 Å². The molecule has 3 atom stereocenters. The van der Waals surface area contributed by atoms with Gasteiger partial charge < -0.3 is 15.0 Å².